The van der Waals surface area contributed by atoms with Crippen LogP contribution in [0.2, 0.25) is 0 Å². The van der Waals surface area contributed by atoms with Crippen molar-refractivity contribution >= 4 is 47.0 Å². The Bertz CT molecular complexity index is 2120. The molecule has 7 unspecified atom stereocenters. The van der Waals surface area contributed by atoms with Crippen LogP contribution in [0.25, 0.3) is 0 Å². The molecule has 3 heterocycles. The zero-order chi connectivity index (χ0) is 47.2. The molecule has 3 aliphatic rings. The highest BCUT2D eigenvalue weighted by molar-refractivity contribution is 5.99. The van der Waals surface area contributed by atoms with Gasteiger partial charge in [-0.3, -0.25) is 19.3 Å². The second kappa shape index (κ2) is 21.1. The SMILES string of the molecule is COC(=O)NC(C(=O)N1CCCC1C(=O)Nc1ccc(C2CCC(c3ccc(NC(=O)C4CCCN4C(O)C(NC(=O)OC)C(C)C)cc3)N2c2ccc(C(C)(C)C)cc2)cc1)C(C)C. The molecule has 15 heteroatoms. The van der Waals surface area contributed by atoms with Crippen molar-refractivity contribution in [2.24, 2.45) is 11.8 Å². The molecule has 3 saturated heterocycles. The largest absolute Gasteiger partial charge is 0.453 e. The van der Waals surface area contributed by atoms with E-state index in [1.54, 1.807) is 9.80 Å². The lowest BCUT2D eigenvalue weighted by atomic mass is 9.87. The average Bonchev–Trinajstić information content (AvgIpc) is 4.08. The Morgan fingerprint density at radius 2 is 1.14 bits per heavy atom. The standard InChI is InChI=1S/C50H69N7O8/c1-30(2)42(53-48(62)64-8)46(60)55-28-10-12-40(55)44(58)51-35-20-14-32(15-21-35)38-26-27-39(57(38)37-24-18-34(19-25-37)50(5,6)7)33-16-22-36(23-17-33)52-45(59)41-13-11-29-56(41)47(61)43(31(3)4)54-49(63)65-9/h14-25,30-31,38-43,46,60H,10-13,26-29H2,1-9H3,(H,51,58)(H,52,59)(H,53,62)(H,54,63). The number of hydrogen-bond acceptors (Lipinski definition) is 10. The highest BCUT2D eigenvalue weighted by atomic mass is 16.5. The van der Waals surface area contributed by atoms with Gasteiger partial charge in [-0.1, -0.05) is 84.9 Å². The minimum atomic E-state index is -1.06. The number of methoxy groups -OCH3 is 2. The van der Waals surface area contributed by atoms with Gasteiger partial charge in [0.1, 0.15) is 18.3 Å². The Morgan fingerprint density at radius 3 is 1.63 bits per heavy atom. The van der Waals surface area contributed by atoms with Crippen LogP contribution in [0, 0.1) is 11.8 Å². The molecular weight excluding hydrogens is 827 g/mol. The van der Waals surface area contributed by atoms with E-state index in [9.17, 15) is 29.1 Å². The number of carbonyl (C=O) groups is 5. The predicted octanol–water partition coefficient (Wildman–Crippen LogP) is 7.48. The van der Waals surface area contributed by atoms with Crippen LogP contribution < -0.4 is 26.2 Å². The molecule has 352 valence electrons. The summed E-state index contributed by atoms with van der Waals surface area (Å²) in [5.74, 6) is -1.08. The van der Waals surface area contributed by atoms with E-state index in [2.05, 4.69) is 95.5 Å². The number of nitrogens with one attached hydrogen (secondary N) is 4. The predicted molar refractivity (Wildman–Crippen MR) is 251 cm³/mol. The quantitative estimate of drug-likeness (QED) is 0.109. The lowest BCUT2D eigenvalue weighted by Gasteiger charge is -2.36. The van der Waals surface area contributed by atoms with Crippen LogP contribution in [-0.4, -0.2) is 103 Å². The van der Waals surface area contributed by atoms with E-state index < -0.39 is 42.6 Å². The summed E-state index contributed by atoms with van der Waals surface area (Å²) in [6.07, 6.45) is 1.91. The van der Waals surface area contributed by atoms with Gasteiger partial charge in [-0.15, -0.1) is 0 Å². The molecular formula is C50H69N7O8. The molecule has 0 aliphatic carbocycles. The lowest BCUT2D eigenvalue weighted by molar-refractivity contribution is -0.139. The number of anilines is 3. The van der Waals surface area contributed by atoms with Gasteiger partial charge in [0.2, 0.25) is 17.7 Å². The molecule has 7 atom stereocenters. The summed E-state index contributed by atoms with van der Waals surface area (Å²) in [6.45, 7) is 15.0. The van der Waals surface area contributed by atoms with Crippen molar-refractivity contribution in [1.29, 1.82) is 0 Å². The van der Waals surface area contributed by atoms with Gasteiger partial charge < -0.3 is 45.6 Å². The Hall–Kier alpha value is -5.67. The van der Waals surface area contributed by atoms with E-state index in [0.717, 1.165) is 36.1 Å². The van der Waals surface area contributed by atoms with Gasteiger partial charge in [0.05, 0.1) is 38.4 Å². The third-order valence-corrected chi connectivity index (χ3v) is 13.2. The van der Waals surface area contributed by atoms with Crippen LogP contribution >= 0.6 is 0 Å². The Balaban J connectivity index is 1.17. The summed E-state index contributed by atoms with van der Waals surface area (Å²) in [6, 6.07) is 22.2. The molecule has 3 fully saturated rings. The highest BCUT2D eigenvalue weighted by Gasteiger charge is 2.41. The number of ether oxygens (including phenoxy) is 2. The van der Waals surface area contributed by atoms with Crippen molar-refractivity contribution in [3.63, 3.8) is 0 Å². The Labute approximate surface area is 384 Å². The van der Waals surface area contributed by atoms with E-state index >= 15 is 0 Å². The Morgan fingerprint density at radius 1 is 0.646 bits per heavy atom. The maximum absolute atomic E-state index is 13.7. The molecule has 5 N–H and O–H groups in total. The van der Waals surface area contributed by atoms with Crippen LogP contribution in [-0.2, 0) is 29.3 Å². The van der Waals surface area contributed by atoms with E-state index in [1.165, 1.54) is 19.8 Å². The number of aliphatic hydroxyl groups excluding tert-OH is 1. The molecule has 15 nitrogen and oxygen atoms in total. The second-order valence-corrected chi connectivity index (χ2v) is 19.3. The first-order valence-corrected chi connectivity index (χ1v) is 23.1. The molecule has 0 radical (unpaired) electrons. The number of likely N-dealkylation sites (tertiary alicyclic amines) is 2. The van der Waals surface area contributed by atoms with E-state index in [1.807, 2.05) is 52.0 Å². The normalized spacial score (nSPS) is 21.5. The molecule has 3 aliphatic heterocycles. The van der Waals surface area contributed by atoms with Crippen molar-refractivity contribution in [3.8, 4) is 0 Å². The first kappa shape index (κ1) is 48.8. The van der Waals surface area contributed by atoms with Crippen LogP contribution in [0.3, 0.4) is 0 Å². The van der Waals surface area contributed by atoms with Crippen molar-refractivity contribution in [2.45, 2.75) is 135 Å². The van der Waals surface area contributed by atoms with Crippen molar-refractivity contribution < 1.29 is 38.6 Å². The maximum atomic E-state index is 13.7. The molecule has 0 bridgehead atoms. The van der Waals surface area contributed by atoms with Gasteiger partial charge in [0, 0.05) is 30.2 Å². The molecule has 5 amide bonds. The minimum Gasteiger partial charge on any atom is -0.453 e. The minimum absolute atomic E-state index is 0.00847. The first-order valence-electron chi connectivity index (χ1n) is 23.1. The first-order chi connectivity index (χ1) is 30.9. The average molecular weight is 896 g/mol. The molecule has 0 spiro atoms. The fourth-order valence-corrected chi connectivity index (χ4v) is 9.54. The topological polar surface area (TPSA) is 182 Å². The van der Waals surface area contributed by atoms with Gasteiger partial charge in [-0.2, -0.15) is 0 Å². The third-order valence-electron chi connectivity index (χ3n) is 13.2. The number of aliphatic hydroxyl groups is 1. The van der Waals surface area contributed by atoms with Gasteiger partial charge in [0.15, 0.2) is 0 Å². The van der Waals surface area contributed by atoms with Gasteiger partial charge >= 0.3 is 12.2 Å². The van der Waals surface area contributed by atoms with Crippen molar-refractivity contribution in [3.05, 3.63) is 89.5 Å². The zero-order valence-corrected chi connectivity index (χ0v) is 39.4. The summed E-state index contributed by atoms with van der Waals surface area (Å²) < 4.78 is 9.53. The van der Waals surface area contributed by atoms with Gasteiger partial charge in [-0.05, 0) is 109 Å². The van der Waals surface area contributed by atoms with Gasteiger partial charge in [-0.25, -0.2) is 9.59 Å². The monoisotopic (exact) mass is 896 g/mol. The number of nitrogens with zero attached hydrogens (tertiary/aromatic N) is 3. The fraction of sp³-hybridized carbons (Fsp3) is 0.540. The molecule has 65 heavy (non-hydrogen) atoms. The molecule has 0 saturated carbocycles. The fourth-order valence-electron chi connectivity index (χ4n) is 9.54. The van der Waals surface area contributed by atoms with Crippen molar-refractivity contribution in [1.82, 2.24) is 20.4 Å². The highest BCUT2D eigenvalue weighted by Crippen LogP contribution is 2.47. The van der Waals surface area contributed by atoms with Crippen LogP contribution in [0.5, 0.6) is 0 Å². The molecule has 3 aromatic carbocycles. The van der Waals surface area contributed by atoms with Gasteiger partial charge in [0.25, 0.3) is 0 Å². The number of amides is 5. The maximum Gasteiger partial charge on any atom is 0.407 e. The van der Waals surface area contributed by atoms with E-state index in [0.29, 0.717) is 43.7 Å². The smallest absolute Gasteiger partial charge is 0.407 e. The van der Waals surface area contributed by atoms with E-state index in [4.69, 9.17) is 9.47 Å². The number of benzene rings is 3. The summed E-state index contributed by atoms with van der Waals surface area (Å²) in [5.41, 5.74) is 5.82. The summed E-state index contributed by atoms with van der Waals surface area (Å²) >= 11 is 0. The second-order valence-electron chi connectivity index (χ2n) is 19.3. The summed E-state index contributed by atoms with van der Waals surface area (Å²) in [4.78, 5) is 70.8. The number of alkyl carbamates (subject to hydrolysis) is 2. The molecule has 6 rings (SSSR count). The van der Waals surface area contributed by atoms with Crippen LogP contribution in [0.1, 0.15) is 116 Å². The molecule has 0 aromatic heterocycles. The Kier molecular flexibility index (Phi) is 15.8. The lowest BCUT2D eigenvalue weighted by Crippen LogP contribution is -2.57. The van der Waals surface area contributed by atoms with E-state index in [-0.39, 0.29) is 47.1 Å². The number of rotatable bonds is 14. The third kappa shape index (κ3) is 11.4. The number of carbonyl (C=O) groups excluding carboxylic acids is 5. The van der Waals surface area contributed by atoms with Crippen molar-refractivity contribution in [2.75, 3.05) is 42.8 Å². The summed E-state index contributed by atoms with van der Waals surface area (Å²) in [5, 5.41) is 22.8. The summed E-state index contributed by atoms with van der Waals surface area (Å²) in [7, 11) is 2.53. The van der Waals surface area contributed by atoms with Crippen LogP contribution in [0.15, 0.2) is 72.8 Å². The van der Waals surface area contributed by atoms with Crippen LogP contribution in [0.4, 0.5) is 26.7 Å². The zero-order valence-electron chi connectivity index (χ0n) is 39.4. The number of hydrogen-bond donors (Lipinski definition) is 5. The molecule has 3 aromatic rings.